The molecule has 23 heavy (non-hydrogen) atoms. The Morgan fingerprint density at radius 3 is 2.48 bits per heavy atom. The van der Waals surface area contributed by atoms with Crippen LogP contribution in [0.4, 0.5) is 10.6 Å². The van der Waals surface area contributed by atoms with E-state index in [-0.39, 0.29) is 6.09 Å². The van der Waals surface area contributed by atoms with Gasteiger partial charge in [0.15, 0.2) is 0 Å². The van der Waals surface area contributed by atoms with E-state index in [1.807, 2.05) is 71.0 Å². The first-order valence-corrected chi connectivity index (χ1v) is 7.74. The number of hydrogen-bond acceptors (Lipinski definition) is 3. The maximum Gasteiger partial charge on any atom is 0.416 e. The maximum absolute atomic E-state index is 12.6. The van der Waals surface area contributed by atoms with Gasteiger partial charge < -0.3 is 4.74 Å². The standard InChI is InChI=1S/C19H24N2O2/c1-14-10-11-20-17(12-14)21(18(22)23-19(3,4)5)13-16-9-7-6-8-15(16)2/h6-12H,13H2,1-5H3. The monoisotopic (exact) mass is 312 g/mol. The van der Waals surface area contributed by atoms with Gasteiger partial charge in [0.25, 0.3) is 0 Å². The largest absolute Gasteiger partial charge is 0.443 e. The summed E-state index contributed by atoms with van der Waals surface area (Å²) in [5.74, 6) is 0.600. The van der Waals surface area contributed by atoms with Crippen molar-refractivity contribution in [1.29, 1.82) is 0 Å². The van der Waals surface area contributed by atoms with Crippen molar-refractivity contribution in [3.05, 3.63) is 59.3 Å². The molecule has 4 nitrogen and oxygen atoms in total. The van der Waals surface area contributed by atoms with Gasteiger partial charge in [0.05, 0.1) is 6.54 Å². The Bertz CT molecular complexity index is 690. The van der Waals surface area contributed by atoms with Crippen LogP contribution in [0, 0.1) is 13.8 Å². The zero-order valence-electron chi connectivity index (χ0n) is 14.5. The Hall–Kier alpha value is -2.36. The summed E-state index contributed by atoms with van der Waals surface area (Å²) in [7, 11) is 0. The normalized spacial score (nSPS) is 11.2. The number of aromatic nitrogens is 1. The minimum atomic E-state index is -0.551. The third kappa shape index (κ3) is 4.81. The predicted molar refractivity (Wildman–Crippen MR) is 92.6 cm³/mol. The number of anilines is 1. The number of pyridine rings is 1. The molecular formula is C19H24N2O2. The third-order valence-corrected chi connectivity index (χ3v) is 3.38. The van der Waals surface area contributed by atoms with E-state index in [0.29, 0.717) is 12.4 Å². The van der Waals surface area contributed by atoms with Gasteiger partial charge in [0.1, 0.15) is 11.4 Å². The van der Waals surface area contributed by atoms with Crippen molar-refractivity contribution in [2.75, 3.05) is 4.90 Å². The van der Waals surface area contributed by atoms with E-state index < -0.39 is 5.60 Å². The van der Waals surface area contributed by atoms with Crippen LogP contribution >= 0.6 is 0 Å². The summed E-state index contributed by atoms with van der Waals surface area (Å²) in [4.78, 5) is 18.6. The highest BCUT2D eigenvalue weighted by atomic mass is 16.6. The number of amides is 1. The Balaban J connectivity index is 2.35. The van der Waals surface area contributed by atoms with Gasteiger partial charge in [-0.15, -0.1) is 0 Å². The van der Waals surface area contributed by atoms with Crippen LogP contribution in [0.15, 0.2) is 42.6 Å². The summed E-state index contributed by atoms with van der Waals surface area (Å²) >= 11 is 0. The topological polar surface area (TPSA) is 42.4 Å². The van der Waals surface area contributed by atoms with Crippen molar-refractivity contribution in [3.8, 4) is 0 Å². The predicted octanol–water partition coefficient (Wildman–Crippen LogP) is 4.64. The number of nitrogens with zero attached hydrogens (tertiary/aromatic N) is 2. The molecule has 1 aromatic carbocycles. The van der Waals surface area contributed by atoms with Gasteiger partial charge in [-0.1, -0.05) is 24.3 Å². The number of aryl methyl sites for hydroxylation is 2. The van der Waals surface area contributed by atoms with Crippen molar-refractivity contribution in [3.63, 3.8) is 0 Å². The van der Waals surface area contributed by atoms with Crippen LogP contribution in [0.25, 0.3) is 0 Å². The van der Waals surface area contributed by atoms with E-state index in [1.54, 1.807) is 11.1 Å². The zero-order valence-corrected chi connectivity index (χ0v) is 14.5. The van der Waals surface area contributed by atoms with Gasteiger partial charge in [-0.05, 0) is 63.4 Å². The average molecular weight is 312 g/mol. The molecule has 0 aliphatic rings. The summed E-state index contributed by atoms with van der Waals surface area (Å²) in [6, 6.07) is 11.8. The number of benzene rings is 1. The first-order chi connectivity index (χ1) is 10.8. The molecule has 0 radical (unpaired) electrons. The van der Waals surface area contributed by atoms with Gasteiger partial charge in [-0.3, -0.25) is 4.90 Å². The van der Waals surface area contributed by atoms with E-state index >= 15 is 0 Å². The van der Waals surface area contributed by atoms with Crippen molar-refractivity contribution >= 4 is 11.9 Å². The fourth-order valence-corrected chi connectivity index (χ4v) is 2.18. The molecule has 0 unspecified atom stereocenters. The van der Waals surface area contributed by atoms with E-state index in [4.69, 9.17) is 4.74 Å². The summed E-state index contributed by atoms with van der Waals surface area (Å²) in [6.07, 6.45) is 1.32. The lowest BCUT2D eigenvalue weighted by molar-refractivity contribution is 0.0576. The molecular weight excluding hydrogens is 288 g/mol. The van der Waals surface area contributed by atoms with Crippen molar-refractivity contribution in [2.24, 2.45) is 0 Å². The molecule has 2 rings (SSSR count). The maximum atomic E-state index is 12.6. The molecule has 2 aromatic rings. The molecule has 0 spiro atoms. The Labute approximate surface area is 138 Å². The minimum absolute atomic E-state index is 0.390. The molecule has 122 valence electrons. The molecule has 4 heteroatoms. The first kappa shape index (κ1) is 17.0. The van der Waals surface area contributed by atoms with Gasteiger partial charge in [0.2, 0.25) is 0 Å². The van der Waals surface area contributed by atoms with E-state index in [2.05, 4.69) is 4.98 Å². The highest BCUT2D eigenvalue weighted by Gasteiger charge is 2.24. The Morgan fingerprint density at radius 2 is 1.87 bits per heavy atom. The molecule has 0 aliphatic heterocycles. The second-order valence-electron chi connectivity index (χ2n) is 6.68. The molecule has 0 atom stereocenters. The summed E-state index contributed by atoms with van der Waals surface area (Å²) in [5, 5.41) is 0. The lowest BCUT2D eigenvalue weighted by atomic mass is 10.1. The summed E-state index contributed by atoms with van der Waals surface area (Å²) in [5.41, 5.74) is 2.70. The molecule has 1 heterocycles. The summed E-state index contributed by atoms with van der Waals surface area (Å²) < 4.78 is 5.55. The van der Waals surface area contributed by atoms with Gasteiger partial charge in [0, 0.05) is 6.20 Å². The van der Waals surface area contributed by atoms with Crippen molar-refractivity contribution in [1.82, 2.24) is 4.98 Å². The van der Waals surface area contributed by atoms with Crippen LogP contribution in [-0.2, 0) is 11.3 Å². The second kappa shape index (κ2) is 6.82. The molecule has 0 N–H and O–H groups in total. The first-order valence-electron chi connectivity index (χ1n) is 7.74. The van der Waals surface area contributed by atoms with Crippen LogP contribution in [0.1, 0.15) is 37.5 Å². The SMILES string of the molecule is Cc1ccnc(N(Cc2ccccc2C)C(=O)OC(C)(C)C)c1. The lowest BCUT2D eigenvalue weighted by Gasteiger charge is -2.27. The van der Waals surface area contributed by atoms with E-state index in [1.165, 1.54) is 0 Å². The number of hydrogen-bond donors (Lipinski definition) is 0. The molecule has 0 aliphatic carbocycles. The van der Waals surface area contributed by atoms with Crippen molar-refractivity contribution in [2.45, 2.75) is 46.8 Å². The molecule has 0 saturated heterocycles. The van der Waals surface area contributed by atoms with Crippen molar-refractivity contribution < 1.29 is 9.53 Å². The van der Waals surface area contributed by atoms with Crippen LogP contribution in [0.2, 0.25) is 0 Å². The fourth-order valence-electron chi connectivity index (χ4n) is 2.18. The van der Waals surface area contributed by atoms with Gasteiger partial charge >= 0.3 is 6.09 Å². The van der Waals surface area contributed by atoms with Gasteiger partial charge in [-0.25, -0.2) is 9.78 Å². The van der Waals surface area contributed by atoms with Crippen LogP contribution in [-0.4, -0.2) is 16.7 Å². The Morgan fingerprint density at radius 1 is 1.17 bits per heavy atom. The summed E-state index contributed by atoms with van der Waals surface area (Å²) in [6.45, 7) is 10.0. The second-order valence-corrected chi connectivity index (χ2v) is 6.68. The number of carbonyl (C=O) groups excluding carboxylic acids is 1. The minimum Gasteiger partial charge on any atom is -0.443 e. The smallest absolute Gasteiger partial charge is 0.416 e. The molecule has 1 amide bonds. The van der Waals surface area contributed by atoms with Gasteiger partial charge in [-0.2, -0.15) is 0 Å². The number of rotatable bonds is 3. The van der Waals surface area contributed by atoms with E-state index in [9.17, 15) is 4.79 Å². The number of ether oxygens (including phenoxy) is 1. The van der Waals surface area contributed by atoms with Crippen LogP contribution in [0.5, 0.6) is 0 Å². The number of carbonyl (C=O) groups is 1. The Kier molecular flexibility index (Phi) is 5.04. The average Bonchev–Trinajstić information content (AvgIpc) is 2.44. The van der Waals surface area contributed by atoms with Crippen LogP contribution in [0.3, 0.4) is 0 Å². The van der Waals surface area contributed by atoms with E-state index in [0.717, 1.165) is 16.7 Å². The molecule has 1 aromatic heterocycles. The molecule has 0 bridgehead atoms. The quantitative estimate of drug-likeness (QED) is 0.829. The highest BCUT2D eigenvalue weighted by molar-refractivity contribution is 5.86. The fraction of sp³-hybridized carbons (Fsp3) is 0.368. The molecule has 0 fully saturated rings. The lowest BCUT2D eigenvalue weighted by Crippen LogP contribution is -2.37. The molecule has 0 saturated carbocycles. The third-order valence-electron chi connectivity index (χ3n) is 3.38. The van der Waals surface area contributed by atoms with Crippen LogP contribution < -0.4 is 4.90 Å². The highest BCUT2D eigenvalue weighted by Crippen LogP contribution is 2.21. The zero-order chi connectivity index (χ0) is 17.0.